The Kier molecular flexibility index (Phi) is 6.77. The van der Waals surface area contributed by atoms with Crippen LogP contribution in [0, 0.1) is 13.8 Å². The standard InChI is InChI=1S/C30H30N4O3/c1-5-36-25-15-13-23(14-16-25)28-32-29(37-33-28)26-21(4)34(18-22-9-7-6-8-10-22)30(35)31-27(26)24-12-11-19(2)20(3)17-24/h6-17,27H,5,18H2,1-4H3,(H,31,35). The number of aromatic nitrogens is 2. The average molecular weight is 495 g/mol. The fourth-order valence-electron chi connectivity index (χ4n) is 4.53. The molecular formula is C30H30N4O3. The first-order valence-electron chi connectivity index (χ1n) is 12.4. The van der Waals surface area contributed by atoms with E-state index < -0.39 is 6.04 Å². The minimum Gasteiger partial charge on any atom is -0.494 e. The Hall–Kier alpha value is -4.39. The molecule has 0 saturated carbocycles. The molecular weight excluding hydrogens is 464 g/mol. The fraction of sp³-hybridized carbons (Fsp3) is 0.233. The molecule has 7 nitrogen and oxygen atoms in total. The van der Waals surface area contributed by atoms with Crippen molar-refractivity contribution < 1.29 is 14.1 Å². The molecule has 4 aromatic rings. The highest BCUT2D eigenvalue weighted by molar-refractivity contribution is 5.87. The number of ether oxygens (including phenoxy) is 1. The van der Waals surface area contributed by atoms with E-state index in [0.717, 1.165) is 39.3 Å². The Morgan fingerprint density at radius 1 is 0.973 bits per heavy atom. The van der Waals surface area contributed by atoms with Crippen LogP contribution in [0.25, 0.3) is 17.0 Å². The van der Waals surface area contributed by atoms with E-state index in [-0.39, 0.29) is 6.03 Å². The zero-order valence-electron chi connectivity index (χ0n) is 21.5. The first kappa shape index (κ1) is 24.3. The summed E-state index contributed by atoms with van der Waals surface area (Å²) in [5, 5.41) is 7.45. The zero-order chi connectivity index (χ0) is 25.9. The van der Waals surface area contributed by atoms with Crippen LogP contribution in [0.15, 0.2) is 83.0 Å². The second-order valence-electron chi connectivity index (χ2n) is 9.18. The molecule has 1 aromatic heterocycles. The number of allylic oxidation sites excluding steroid dienone is 1. The number of carbonyl (C=O) groups is 1. The quantitative estimate of drug-likeness (QED) is 0.319. The summed E-state index contributed by atoms with van der Waals surface area (Å²) in [7, 11) is 0. The topological polar surface area (TPSA) is 80.5 Å². The highest BCUT2D eigenvalue weighted by Gasteiger charge is 2.36. The largest absolute Gasteiger partial charge is 0.494 e. The van der Waals surface area contributed by atoms with Crippen LogP contribution in [-0.4, -0.2) is 27.7 Å². The van der Waals surface area contributed by atoms with Gasteiger partial charge >= 0.3 is 6.03 Å². The molecule has 3 aromatic carbocycles. The van der Waals surface area contributed by atoms with E-state index in [0.29, 0.717) is 24.9 Å². The van der Waals surface area contributed by atoms with Crippen LogP contribution in [0.2, 0.25) is 0 Å². The van der Waals surface area contributed by atoms with Crippen molar-refractivity contribution >= 4 is 11.6 Å². The van der Waals surface area contributed by atoms with E-state index in [4.69, 9.17) is 14.2 Å². The highest BCUT2D eigenvalue weighted by Crippen LogP contribution is 2.38. The van der Waals surface area contributed by atoms with Crippen molar-refractivity contribution in [2.75, 3.05) is 6.61 Å². The van der Waals surface area contributed by atoms with Gasteiger partial charge in [-0.1, -0.05) is 53.7 Å². The fourth-order valence-corrected chi connectivity index (χ4v) is 4.53. The molecule has 2 amide bonds. The second kappa shape index (κ2) is 10.3. The summed E-state index contributed by atoms with van der Waals surface area (Å²) in [5.41, 5.74) is 6.71. The van der Waals surface area contributed by atoms with Crippen molar-refractivity contribution in [3.63, 3.8) is 0 Å². The minimum absolute atomic E-state index is 0.167. The van der Waals surface area contributed by atoms with Crippen molar-refractivity contribution in [1.82, 2.24) is 20.4 Å². The van der Waals surface area contributed by atoms with Crippen LogP contribution in [0.5, 0.6) is 5.75 Å². The number of amides is 2. The van der Waals surface area contributed by atoms with Gasteiger partial charge in [-0.15, -0.1) is 0 Å². The summed E-state index contributed by atoms with van der Waals surface area (Å²) < 4.78 is 11.4. The van der Waals surface area contributed by atoms with Crippen molar-refractivity contribution in [3.05, 3.63) is 107 Å². The third-order valence-corrected chi connectivity index (χ3v) is 6.72. The smallest absolute Gasteiger partial charge is 0.322 e. The summed E-state index contributed by atoms with van der Waals surface area (Å²) in [6, 6.07) is 23.1. The van der Waals surface area contributed by atoms with Gasteiger partial charge < -0.3 is 14.6 Å². The number of benzene rings is 3. The van der Waals surface area contributed by atoms with Gasteiger partial charge in [0.2, 0.25) is 5.82 Å². The number of hydrogen-bond acceptors (Lipinski definition) is 5. The lowest BCUT2D eigenvalue weighted by Crippen LogP contribution is -2.45. The van der Waals surface area contributed by atoms with Gasteiger partial charge in [-0.25, -0.2) is 4.79 Å². The summed E-state index contributed by atoms with van der Waals surface area (Å²) in [4.78, 5) is 19.8. The Labute approximate surface area is 216 Å². The van der Waals surface area contributed by atoms with Crippen LogP contribution in [0.3, 0.4) is 0 Å². The maximum Gasteiger partial charge on any atom is 0.322 e. The Balaban J connectivity index is 1.57. The maximum atomic E-state index is 13.3. The number of carbonyl (C=O) groups excluding carboxylic acids is 1. The molecule has 0 spiro atoms. The molecule has 1 N–H and O–H groups in total. The zero-order valence-corrected chi connectivity index (χ0v) is 21.5. The first-order valence-corrected chi connectivity index (χ1v) is 12.4. The van der Waals surface area contributed by atoms with Gasteiger partial charge in [-0.3, -0.25) is 4.90 Å². The molecule has 1 unspecified atom stereocenters. The number of aryl methyl sites for hydroxylation is 2. The third kappa shape index (κ3) is 4.98. The average Bonchev–Trinajstić information content (AvgIpc) is 3.39. The molecule has 0 aliphatic carbocycles. The molecule has 7 heteroatoms. The lowest BCUT2D eigenvalue weighted by molar-refractivity contribution is 0.203. The molecule has 0 radical (unpaired) electrons. The van der Waals surface area contributed by atoms with Crippen molar-refractivity contribution in [3.8, 4) is 17.1 Å². The second-order valence-corrected chi connectivity index (χ2v) is 9.18. The van der Waals surface area contributed by atoms with Crippen molar-refractivity contribution in [2.45, 2.75) is 40.3 Å². The van der Waals surface area contributed by atoms with Crippen LogP contribution in [0.1, 0.15) is 48.0 Å². The predicted octanol–water partition coefficient (Wildman–Crippen LogP) is 6.45. The predicted molar refractivity (Wildman–Crippen MR) is 143 cm³/mol. The van der Waals surface area contributed by atoms with Crippen molar-refractivity contribution in [1.29, 1.82) is 0 Å². The monoisotopic (exact) mass is 494 g/mol. The minimum atomic E-state index is -0.424. The molecule has 0 fully saturated rings. The summed E-state index contributed by atoms with van der Waals surface area (Å²) in [5.74, 6) is 1.64. The number of rotatable bonds is 7. The molecule has 1 aliphatic heterocycles. The van der Waals surface area contributed by atoms with E-state index in [2.05, 4.69) is 36.5 Å². The molecule has 2 heterocycles. The molecule has 188 valence electrons. The lowest BCUT2D eigenvalue weighted by atomic mass is 9.92. The number of nitrogens with zero attached hydrogens (tertiary/aromatic N) is 3. The Morgan fingerprint density at radius 3 is 2.43 bits per heavy atom. The van der Waals surface area contributed by atoms with Gasteiger partial charge in [0, 0.05) is 11.3 Å². The highest BCUT2D eigenvalue weighted by atomic mass is 16.5. The summed E-state index contributed by atoms with van der Waals surface area (Å²) in [6.45, 7) is 9.06. The van der Waals surface area contributed by atoms with E-state index in [1.165, 1.54) is 5.56 Å². The van der Waals surface area contributed by atoms with Crippen molar-refractivity contribution in [2.24, 2.45) is 0 Å². The summed E-state index contributed by atoms with van der Waals surface area (Å²) in [6.07, 6.45) is 0. The molecule has 0 bridgehead atoms. The van der Waals surface area contributed by atoms with Crippen LogP contribution in [0.4, 0.5) is 4.79 Å². The van der Waals surface area contributed by atoms with Gasteiger partial charge in [0.15, 0.2) is 0 Å². The van der Waals surface area contributed by atoms with Gasteiger partial charge in [-0.2, -0.15) is 4.98 Å². The number of urea groups is 1. The molecule has 5 rings (SSSR count). The van der Waals surface area contributed by atoms with E-state index in [9.17, 15) is 4.79 Å². The first-order chi connectivity index (χ1) is 17.9. The molecule has 37 heavy (non-hydrogen) atoms. The van der Waals surface area contributed by atoms with E-state index in [1.807, 2.05) is 74.5 Å². The van der Waals surface area contributed by atoms with E-state index >= 15 is 0 Å². The Morgan fingerprint density at radius 2 is 1.73 bits per heavy atom. The van der Waals surface area contributed by atoms with Gasteiger partial charge in [-0.05, 0) is 74.2 Å². The van der Waals surface area contributed by atoms with Gasteiger partial charge in [0.05, 0.1) is 24.8 Å². The summed E-state index contributed by atoms with van der Waals surface area (Å²) >= 11 is 0. The molecule has 1 atom stereocenters. The SMILES string of the molecule is CCOc1ccc(-c2noc(C3=C(C)N(Cc4ccccc4)C(=O)NC3c3ccc(C)c(C)c3)n2)cc1. The number of nitrogens with one attached hydrogen (secondary N) is 1. The lowest BCUT2D eigenvalue weighted by Gasteiger charge is -2.35. The normalized spacial score (nSPS) is 15.6. The van der Waals surface area contributed by atoms with Crippen LogP contribution >= 0.6 is 0 Å². The van der Waals surface area contributed by atoms with Crippen LogP contribution in [-0.2, 0) is 6.54 Å². The number of hydrogen-bond donors (Lipinski definition) is 1. The third-order valence-electron chi connectivity index (χ3n) is 6.72. The van der Waals surface area contributed by atoms with E-state index in [1.54, 1.807) is 4.90 Å². The maximum absolute atomic E-state index is 13.3. The van der Waals surface area contributed by atoms with Gasteiger partial charge in [0.1, 0.15) is 5.75 Å². The van der Waals surface area contributed by atoms with Gasteiger partial charge in [0.25, 0.3) is 5.89 Å². The Bertz CT molecular complexity index is 1440. The molecule has 0 saturated heterocycles. The molecule has 1 aliphatic rings. The van der Waals surface area contributed by atoms with Crippen LogP contribution < -0.4 is 10.1 Å².